The maximum atomic E-state index is 12.2. The monoisotopic (exact) mass is 385 g/mol. The van der Waals surface area contributed by atoms with Gasteiger partial charge < -0.3 is 19.5 Å². The van der Waals surface area contributed by atoms with Gasteiger partial charge in [0.05, 0.1) is 7.11 Å². The molecule has 28 heavy (non-hydrogen) atoms. The summed E-state index contributed by atoms with van der Waals surface area (Å²) in [6, 6.07) is 16.3. The van der Waals surface area contributed by atoms with Gasteiger partial charge in [-0.25, -0.2) is 9.59 Å². The molecule has 1 amide bonds. The third-order valence-corrected chi connectivity index (χ3v) is 3.81. The molecule has 0 radical (unpaired) electrons. The third kappa shape index (κ3) is 6.95. The fraction of sp³-hybridized carbons (Fsp3) is 0.364. The molecule has 2 aromatic rings. The molecular weight excluding hydrogens is 358 g/mol. The van der Waals surface area contributed by atoms with Crippen molar-refractivity contribution < 1.29 is 23.8 Å². The number of hydrogen-bond acceptors (Lipinski definition) is 5. The first-order valence-corrected chi connectivity index (χ1v) is 9.10. The first kappa shape index (κ1) is 21.3. The highest BCUT2D eigenvalue weighted by molar-refractivity contribution is 5.81. The molecule has 0 aliphatic carbocycles. The Morgan fingerprint density at radius 1 is 1.00 bits per heavy atom. The van der Waals surface area contributed by atoms with E-state index in [1.807, 2.05) is 54.6 Å². The highest BCUT2D eigenvalue weighted by Crippen LogP contribution is 2.21. The number of esters is 1. The Hall–Kier alpha value is -3.02. The van der Waals surface area contributed by atoms with Crippen LogP contribution in [0.3, 0.4) is 0 Å². The minimum atomic E-state index is -0.888. The van der Waals surface area contributed by atoms with Gasteiger partial charge in [0.15, 0.2) is 0 Å². The first-order chi connectivity index (χ1) is 13.3. The van der Waals surface area contributed by atoms with Gasteiger partial charge in [0.1, 0.15) is 24.0 Å². The predicted molar refractivity (Wildman–Crippen MR) is 106 cm³/mol. The number of ether oxygens (including phenoxy) is 3. The number of methoxy groups -OCH3 is 1. The predicted octanol–water partition coefficient (Wildman–Crippen LogP) is 3.87. The van der Waals surface area contributed by atoms with E-state index >= 15 is 0 Å². The minimum Gasteiger partial charge on any atom is -0.489 e. The fourth-order valence-corrected chi connectivity index (χ4v) is 2.55. The number of carbonyl (C=O) groups is 2. The van der Waals surface area contributed by atoms with E-state index in [0.717, 1.165) is 11.1 Å². The zero-order chi connectivity index (χ0) is 20.6. The van der Waals surface area contributed by atoms with Crippen molar-refractivity contribution in [3.05, 3.63) is 65.7 Å². The fourth-order valence-electron chi connectivity index (χ4n) is 2.55. The van der Waals surface area contributed by atoms with Crippen LogP contribution in [0.4, 0.5) is 4.79 Å². The van der Waals surface area contributed by atoms with Crippen LogP contribution in [0.15, 0.2) is 54.6 Å². The smallest absolute Gasteiger partial charge is 0.408 e. The number of alkyl carbamates (subject to hydrolysis) is 1. The molecule has 2 aromatic carbocycles. The number of nitrogens with one attached hydrogen (secondary N) is 1. The number of benzene rings is 2. The number of carbonyl (C=O) groups excluding carboxylic acids is 2. The molecule has 0 spiro atoms. The molecule has 1 N–H and O–H groups in total. The van der Waals surface area contributed by atoms with Gasteiger partial charge >= 0.3 is 12.1 Å². The molecule has 6 heteroatoms. The van der Waals surface area contributed by atoms with Crippen molar-refractivity contribution in [1.82, 2.24) is 5.32 Å². The van der Waals surface area contributed by atoms with Crippen LogP contribution in [0.2, 0.25) is 0 Å². The van der Waals surface area contributed by atoms with Gasteiger partial charge in [-0.2, -0.15) is 0 Å². The molecule has 0 heterocycles. The Kier molecular flexibility index (Phi) is 7.44. The SMILES string of the molecule is COC(=O)[C@H](Cc1ccccc1OCc1ccccc1)NC(=O)OC(C)(C)C. The van der Waals surface area contributed by atoms with Gasteiger partial charge in [0.2, 0.25) is 0 Å². The van der Waals surface area contributed by atoms with Gasteiger partial charge in [0.25, 0.3) is 0 Å². The van der Waals surface area contributed by atoms with Crippen LogP contribution >= 0.6 is 0 Å². The molecule has 0 aromatic heterocycles. The van der Waals surface area contributed by atoms with Crippen molar-refractivity contribution in [2.45, 2.75) is 45.4 Å². The van der Waals surface area contributed by atoms with E-state index in [-0.39, 0.29) is 6.42 Å². The van der Waals surface area contributed by atoms with Crippen LogP contribution in [-0.2, 0) is 27.3 Å². The summed E-state index contributed by atoms with van der Waals surface area (Å²) in [6.45, 7) is 5.67. The Bertz CT molecular complexity index is 783. The molecule has 2 rings (SSSR count). The van der Waals surface area contributed by atoms with Crippen molar-refractivity contribution in [3.8, 4) is 5.75 Å². The second-order valence-electron chi connectivity index (χ2n) is 7.31. The highest BCUT2D eigenvalue weighted by atomic mass is 16.6. The van der Waals surface area contributed by atoms with Gasteiger partial charge in [-0.1, -0.05) is 48.5 Å². The van der Waals surface area contributed by atoms with E-state index in [9.17, 15) is 9.59 Å². The Balaban J connectivity index is 2.11. The molecule has 1 atom stereocenters. The lowest BCUT2D eigenvalue weighted by atomic mass is 10.0. The molecule has 0 bridgehead atoms. The first-order valence-electron chi connectivity index (χ1n) is 9.10. The van der Waals surface area contributed by atoms with E-state index in [0.29, 0.717) is 12.4 Å². The van der Waals surface area contributed by atoms with Crippen molar-refractivity contribution in [2.24, 2.45) is 0 Å². The average molecular weight is 385 g/mol. The normalized spacial score (nSPS) is 12.0. The van der Waals surface area contributed by atoms with Crippen molar-refractivity contribution >= 4 is 12.1 Å². The molecule has 6 nitrogen and oxygen atoms in total. The largest absolute Gasteiger partial charge is 0.489 e. The second kappa shape index (κ2) is 9.78. The van der Waals surface area contributed by atoms with Crippen LogP contribution in [0.5, 0.6) is 5.75 Å². The maximum absolute atomic E-state index is 12.2. The van der Waals surface area contributed by atoms with Crippen LogP contribution in [0, 0.1) is 0 Å². The van der Waals surface area contributed by atoms with Gasteiger partial charge in [-0.3, -0.25) is 0 Å². The Labute approximate surface area is 165 Å². The summed E-state index contributed by atoms with van der Waals surface area (Å²) >= 11 is 0. The summed E-state index contributed by atoms with van der Waals surface area (Å²) in [5.74, 6) is 0.0926. The topological polar surface area (TPSA) is 73.9 Å². The molecule has 0 saturated carbocycles. The number of rotatable bonds is 7. The van der Waals surface area contributed by atoms with Crippen LogP contribution < -0.4 is 10.1 Å². The van der Waals surface area contributed by atoms with Crippen molar-refractivity contribution in [3.63, 3.8) is 0 Å². The molecule has 0 fully saturated rings. The summed E-state index contributed by atoms with van der Waals surface area (Å²) in [4.78, 5) is 24.3. The zero-order valence-corrected chi connectivity index (χ0v) is 16.7. The lowest BCUT2D eigenvalue weighted by Gasteiger charge is -2.23. The lowest BCUT2D eigenvalue weighted by Crippen LogP contribution is -2.45. The summed E-state index contributed by atoms with van der Waals surface area (Å²) in [6.07, 6.45) is -0.456. The molecule has 0 aliphatic rings. The number of amides is 1. The quantitative estimate of drug-likeness (QED) is 0.733. The maximum Gasteiger partial charge on any atom is 0.408 e. The van der Waals surface area contributed by atoms with E-state index < -0.39 is 23.7 Å². The summed E-state index contributed by atoms with van der Waals surface area (Å²) in [5.41, 5.74) is 1.15. The summed E-state index contributed by atoms with van der Waals surface area (Å²) < 4.78 is 16.0. The zero-order valence-electron chi connectivity index (χ0n) is 16.7. The standard InChI is InChI=1S/C22H27NO5/c1-22(2,3)28-21(25)23-18(20(24)26-4)14-17-12-8-9-13-19(17)27-15-16-10-6-5-7-11-16/h5-13,18H,14-15H2,1-4H3,(H,23,25)/t18-/m0/s1. The molecule has 0 unspecified atom stereocenters. The molecule has 150 valence electrons. The lowest BCUT2D eigenvalue weighted by molar-refractivity contribution is -0.143. The van der Waals surface area contributed by atoms with Crippen LogP contribution in [0.1, 0.15) is 31.9 Å². The Morgan fingerprint density at radius 2 is 1.64 bits per heavy atom. The Morgan fingerprint density at radius 3 is 2.29 bits per heavy atom. The number of para-hydroxylation sites is 1. The average Bonchev–Trinajstić information content (AvgIpc) is 2.65. The van der Waals surface area contributed by atoms with E-state index in [1.165, 1.54) is 7.11 Å². The van der Waals surface area contributed by atoms with E-state index in [1.54, 1.807) is 20.8 Å². The van der Waals surface area contributed by atoms with Gasteiger partial charge in [-0.05, 0) is 38.0 Å². The van der Waals surface area contributed by atoms with Crippen molar-refractivity contribution in [1.29, 1.82) is 0 Å². The van der Waals surface area contributed by atoms with Gasteiger partial charge in [-0.15, -0.1) is 0 Å². The highest BCUT2D eigenvalue weighted by Gasteiger charge is 2.26. The molecule has 0 aliphatic heterocycles. The van der Waals surface area contributed by atoms with Gasteiger partial charge in [0, 0.05) is 6.42 Å². The van der Waals surface area contributed by atoms with Crippen LogP contribution in [0.25, 0.3) is 0 Å². The van der Waals surface area contributed by atoms with Crippen LogP contribution in [-0.4, -0.2) is 30.8 Å². The molecule has 0 saturated heterocycles. The van der Waals surface area contributed by atoms with E-state index in [4.69, 9.17) is 14.2 Å². The van der Waals surface area contributed by atoms with Crippen molar-refractivity contribution in [2.75, 3.05) is 7.11 Å². The summed E-state index contributed by atoms with van der Waals surface area (Å²) in [5, 5.41) is 2.58. The number of hydrogen-bond donors (Lipinski definition) is 1. The summed E-state index contributed by atoms with van der Waals surface area (Å²) in [7, 11) is 1.28. The molecular formula is C22H27NO5. The second-order valence-corrected chi connectivity index (χ2v) is 7.31. The van der Waals surface area contributed by atoms with E-state index in [2.05, 4.69) is 5.32 Å². The minimum absolute atomic E-state index is 0.219. The third-order valence-electron chi connectivity index (χ3n) is 3.81.